The van der Waals surface area contributed by atoms with Crippen LogP contribution in [0.4, 0.5) is 11.4 Å². The molecule has 0 aliphatic heterocycles. The van der Waals surface area contributed by atoms with Crippen molar-refractivity contribution in [2.75, 3.05) is 30.3 Å². The molecule has 150 valence electrons. The number of hydrogen-bond acceptors (Lipinski definition) is 3. The number of nitrogens with zero attached hydrogens (tertiary/aromatic N) is 1. The number of carbonyl (C=O) groups is 2. The van der Waals surface area contributed by atoms with Crippen molar-refractivity contribution in [1.82, 2.24) is 4.90 Å². The normalized spacial score (nSPS) is 10.4. The summed E-state index contributed by atoms with van der Waals surface area (Å²) in [5.41, 5.74) is 4.52. The second-order valence-corrected chi connectivity index (χ2v) is 7.15. The number of anilines is 2. The number of rotatable bonds is 9. The molecule has 0 atom stereocenters. The zero-order valence-electron chi connectivity index (χ0n) is 17.3. The van der Waals surface area contributed by atoms with Gasteiger partial charge in [-0.1, -0.05) is 19.9 Å². The molecule has 2 aromatic rings. The van der Waals surface area contributed by atoms with E-state index < -0.39 is 0 Å². The molecule has 5 nitrogen and oxygen atoms in total. The molecular weight excluding hydrogens is 350 g/mol. The van der Waals surface area contributed by atoms with Crippen LogP contribution < -0.4 is 10.6 Å². The van der Waals surface area contributed by atoms with Gasteiger partial charge in [0.1, 0.15) is 0 Å². The van der Waals surface area contributed by atoms with Crippen LogP contribution in [0.25, 0.3) is 0 Å². The molecule has 0 aliphatic carbocycles. The molecule has 0 bridgehead atoms. The van der Waals surface area contributed by atoms with E-state index in [-0.39, 0.29) is 18.4 Å². The summed E-state index contributed by atoms with van der Waals surface area (Å²) in [6, 6.07) is 13.3. The maximum Gasteiger partial charge on any atom is 0.253 e. The first kappa shape index (κ1) is 21.5. The van der Waals surface area contributed by atoms with Crippen molar-refractivity contribution < 1.29 is 9.59 Å². The minimum Gasteiger partial charge on any atom is -0.376 e. The Morgan fingerprint density at radius 2 is 1.43 bits per heavy atom. The summed E-state index contributed by atoms with van der Waals surface area (Å²) in [5, 5.41) is 6.01. The van der Waals surface area contributed by atoms with Gasteiger partial charge in [-0.05, 0) is 74.2 Å². The van der Waals surface area contributed by atoms with E-state index in [4.69, 9.17) is 0 Å². The fourth-order valence-corrected chi connectivity index (χ4v) is 3.20. The lowest BCUT2D eigenvalue weighted by Crippen LogP contribution is -2.32. The van der Waals surface area contributed by atoms with Crippen molar-refractivity contribution in [3.63, 3.8) is 0 Å². The van der Waals surface area contributed by atoms with E-state index in [0.717, 1.165) is 48.4 Å². The predicted octanol–water partition coefficient (Wildman–Crippen LogP) is 4.62. The summed E-state index contributed by atoms with van der Waals surface area (Å²) < 4.78 is 0. The highest BCUT2D eigenvalue weighted by atomic mass is 16.2. The number of amides is 2. The quantitative estimate of drug-likeness (QED) is 0.666. The van der Waals surface area contributed by atoms with Crippen LogP contribution in [-0.2, 0) is 4.79 Å². The number of hydrogen-bond donors (Lipinski definition) is 2. The van der Waals surface area contributed by atoms with E-state index in [0.29, 0.717) is 5.56 Å². The maximum absolute atomic E-state index is 12.6. The van der Waals surface area contributed by atoms with Crippen molar-refractivity contribution in [1.29, 1.82) is 0 Å². The van der Waals surface area contributed by atoms with Gasteiger partial charge in [0, 0.05) is 30.0 Å². The molecule has 0 saturated carbocycles. The minimum atomic E-state index is -0.109. The van der Waals surface area contributed by atoms with E-state index >= 15 is 0 Å². The molecule has 0 fully saturated rings. The van der Waals surface area contributed by atoms with Gasteiger partial charge < -0.3 is 15.5 Å². The second kappa shape index (κ2) is 10.5. The first-order valence-electron chi connectivity index (χ1n) is 9.94. The van der Waals surface area contributed by atoms with Crippen molar-refractivity contribution in [3.05, 3.63) is 59.2 Å². The molecule has 0 heterocycles. The first-order valence-corrected chi connectivity index (χ1v) is 9.94. The van der Waals surface area contributed by atoms with Crippen molar-refractivity contribution in [3.8, 4) is 0 Å². The standard InChI is InChI=1S/C23H31N3O2/c1-5-11-26(12-6-2)23(28)19-7-9-20(10-8-19)24-16-22(27)25-21-14-17(3)13-18(4)15-21/h7-10,13-15,24H,5-6,11-12,16H2,1-4H3,(H,25,27). The first-order chi connectivity index (χ1) is 13.4. The molecule has 2 aromatic carbocycles. The van der Waals surface area contributed by atoms with Gasteiger partial charge >= 0.3 is 0 Å². The Bertz CT molecular complexity index is 774. The Kier molecular flexibility index (Phi) is 8.05. The Morgan fingerprint density at radius 1 is 0.857 bits per heavy atom. The minimum absolute atomic E-state index is 0.0582. The van der Waals surface area contributed by atoms with Crippen LogP contribution in [0.15, 0.2) is 42.5 Å². The van der Waals surface area contributed by atoms with Crippen molar-refractivity contribution in [2.24, 2.45) is 0 Å². The number of benzene rings is 2. The van der Waals surface area contributed by atoms with Crippen LogP contribution in [0.2, 0.25) is 0 Å². The van der Waals surface area contributed by atoms with E-state index in [1.165, 1.54) is 0 Å². The van der Waals surface area contributed by atoms with Gasteiger partial charge in [0.2, 0.25) is 5.91 Å². The third kappa shape index (κ3) is 6.41. The molecule has 2 N–H and O–H groups in total. The highest BCUT2D eigenvalue weighted by molar-refractivity contribution is 5.95. The Balaban J connectivity index is 1.91. The Morgan fingerprint density at radius 3 is 1.96 bits per heavy atom. The Labute approximate surface area is 168 Å². The monoisotopic (exact) mass is 381 g/mol. The summed E-state index contributed by atoms with van der Waals surface area (Å²) in [6.45, 7) is 9.87. The van der Waals surface area contributed by atoms with Crippen LogP contribution in [0.1, 0.15) is 48.2 Å². The van der Waals surface area contributed by atoms with Gasteiger partial charge in [-0.2, -0.15) is 0 Å². The maximum atomic E-state index is 12.6. The third-order valence-corrected chi connectivity index (χ3v) is 4.36. The fourth-order valence-electron chi connectivity index (χ4n) is 3.20. The third-order valence-electron chi connectivity index (χ3n) is 4.36. The van der Waals surface area contributed by atoms with Crippen LogP contribution in [0.3, 0.4) is 0 Å². The van der Waals surface area contributed by atoms with E-state index in [2.05, 4.69) is 30.5 Å². The molecule has 0 aromatic heterocycles. The lowest BCUT2D eigenvalue weighted by atomic mass is 10.1. The van der Waals surface area contributed by atoms with Crippen LogP contribution in [-0.4, -0.2) is 36.3 Å². The van der Waals surface area contributed by atoms with Gasteiger partial charge in [0.25, 0.3) is 5.91 Å². The highest BCUT2D eigenvalue weighted by Crippen LogP contribution is 2.15. The van der Waals surface area contributed by atoms with Crippen molar-refractivity contribution in [2.45, 2.75) is 40.5 Å². The SMILES string of the molecule is CCCN(CCC)C(=O)c1ccc(NCC(=O)Nc2cc(C)cc(C)c2)cc1. The van der Waals surface area contributed by atoms with E-state index in [9.17, 15) is 9.59 Å². The smallest absolute Gasteiger partial charge is 0.253 e. The molecule has 0 radical (unpaired) electrons. The average molecular weight is 382 g/mol. The summed E-state index contributed by atoms with van der Waals surface area (Å²) in [5.74, 6) is -0.0509. The number of nitrogens with one attached hydrogen (secondary N) is 2. The Hall–Kier alpha value is -2.82. The topological polar surface area (TPSA) is 61.4 Å². The average Bonchev–Trinajstić information content (AvgIpc) is 2.65. The highest BCUT2D eigenvalue weighted by Gasteiger charge is 2.14. The second-order valence-electron chi connectivity index (χ2n) is 7.15. The van der Waals surface area contributed by atoms with Gasteiger partial charge in [-0.15, -0.1) is 0 Å². The molecule has 28 heavy (non-hydrogen) atoms. The lowest BCUT2D eigenvalue weighted by Gasteiger charge is -2.21. The molecule has 0 spiro atoms. The summed E-state index contributed by atoms with van der Waals surface area (Å²) >= 11 is 0. The zero-order chi connectivity index (χ0) is 20.5. The molecule has 2 rings (SSSR count). The fraction of sp³-hybridized carbons (Fsp3) is 0.391. The van der Waals surface area contributed by atoms with Crippen molar-refractivity contribution >= 4 is 23.2 Å². The summed E-state index contributed by atoms with van der Waals surface area (Å²) in [6.07, 6.45) is 1.89. The predicted molar refractivity (Wildman–Crippen MR) is 116 cm³/mol. The van der Waals surface area contributed by atoms with E-state index in [1.54, 1.807) is 0 Å². The number of carbonyl (C=O) groups excluding carboxylic acids is 2. The van der Waals surface area contributed by atoms with Gasteiger partial charge in [-0.25, -0.2) is 0 Å². The molecule has 0 aliphatic rings. The summed E-state index contributed by atoms with van der Waals surface area (Å²) in [7, 11) is 0. The zero-order valence-corrected chi connectivity index (χ0v) is 17.3. The largest absolute Gasteiger partial charge is 0.376 e. The van der Waals surface area contributed by atoms with E-state index in [1.807, 2.05) is 55.1 Å². The van der Waals surface area contributed by atoms with Crippen LogP contribution in [0, 0.1) is 13.8 Å². The lowest BCUT2D eigenvalue weighted by molar-refractivity contribution is -0.114. The number of aryl methyl sites for hydroxylation is 2. The summed E-state index contributed by atoms with van der Waals surface area (Å²) in [4.78, 5) is 26.7. The van der Waals surface area contributed by atoms with Crippen LogP contribution >= 0.6 is 0 Å². The molecule has 5 heteroatoms. The van der Waals surface area contributed by atoms with Gasteiger partial charge in [-0.3, -0.25) is 9.59 Å². The molecule has 0 unspecified atom stereocenters. The molecule has 2 amide bonds. The van der Waals surface area contributed by atoms with Crippen LogP contribution in [0.5, 0.6) is 0 Å². The van der Waals surface area contributed by atoms with Gasteiger partial charge in [0.15, 0.2) is 0 Å². The van der Waals surface area contributed by atoms with Gasteiger partial charge in [0.05, 0.1) is 6.54 Å². The molecule has 0 saturated heterocycles. The molecular formula is C23H31N3O2.